The highest BCUT2D eigenvalue weighted by Crippen LogP contribution is 2.63. The van der Waals surface area contributed by atoms with Crippen molar-refractivity contribution in [1.82, 2.24) is 20.9 Å². The van der Waals surface area contributed by atoms with Crippen molar-refractivity contribution in [2.75, 3.05) is 12.3 Å². The first-order chi connectivity index (χ1) is 19.9. The molecule has 2 unspecified atom stereocenters. The summed E-state index contributed by atoms with van der Waals surface area (Å²) in [4.78, 5) is 66.8. The highest BCUT2D eigenvalue weighted by Gasteiger charge is 2.62. The molecule has 5 amide bonds. The Morgan fingerprint density at radius 2 is 1.55 bits per heavy atom. The van der Waals surface area contributed by atoms with Gasteiger partial charge in [-0.05, 0) is 55.4 Å². The Morgan fingerprint density at radius 3 is 2.00 bits per heavy atom. The van der Waals surface area contributed by atoms with E-state index in [0.717, 1.165) is 18.4 Å². The number of nitrogens with one attached hydrogen (secondary N) is 3. The third kappa shape index (κ3) is 7.63. The molecular formula is C31H51N5O7S. The molecule has 0 aromatic rings. The van der Waals surface area contributed by atoms with Crippen LogP contribution in [0.5, 0.6) is 0 Å². The van der Waals surface area contributed by atoms with Gasteiger partial charge in [-0.2, -0.15) is 0 Å². The van der Waals surface area contributed by atoms with Crippen LogP contribution in [0.15, 0.2) is 11.3 Å². The number of nitrogens with zero attached hydrogens (tertiary/aromatic N) is 1. The minimum Gasteiger partial charge on any atom is -0.363 e. The number of carbonyl (C=O) groups excluding carboxylic acids is 5. The Kier molecular flexibility index (Phi) is 9.76. The lowest BCUT2D eigenvalue weighted by Gasteiger charge is -2.36. The summed E-state index contributed by atoms with van der Waals surface area (Å²) in [6.07, 6.45) is 2.09. The van der Waals surface area contributed by atoms with E-state index in [1.54, 1.807) is 41.5 Å². The van der Waals surface area contributed by atoms with Crippen molar-refractivity contribution < 1.29 is 32.4 Å². The molecule has 1 aliphatic heterocycles. The lowest BCUT2D eigenvalue weighted by atomic mass is 9.85. The number of amides is 5. The maximum absolute atomic E-state index is 14.1. The molecule has 0 aromatic heterocycles. The van der Waals surface area contributed by atoms with Gasteiger partial charge in [0.1, 0.15) is 11.7 Å². The molecule has 13 heteroatoms. The highest BCUT2D eigenvalue weighted by molar-refractivity contribution is 7.92. The highest BCUT2D eigenvalue weighted by atomic mass is 32.2. The number of carbonyl (C=O) groups is 5. The second-order valence-electron chi connectivity index (χ2n) is 15.6. The van der Waals surface area contributed by atoms with Crippen LogP contribution in [0.1, 0.15) is 88.5 Å². The SMILES string of the molecule is CC(C)[C@@H](CS(=O)(=O)C(C)(C)C)NC(=O)N[C@H](C(=O)N1CC2C(=C1C(=O)NC(CC1CC1)C(=O)C(N)=O)C2(C)C)C(C)(C)C. The average molecular weight is 638 g/mol. The third-order valence-corrected chi connectivity index (χ3v) is 11.8. The van der Waals surface area contributed by atoms with Crippen molar-refractivity contribution in [3.05, 3.63) is 11.3 Å². The van der Waals surface area contributed by atoms with Gasteiger partial charge >= 0.3 is 6.03 Å². The summed E-state index contributed by atoms with van der Waals surface area (Å²) < 4.78 is 24.8. The molecule has 0 bridgehead atoms. The second-order valence-corrected chi connectivity index (χ2v) is 18.4. The van der Waals surface area contributed by atoms with E-state index >= 15 is 0 Å². The summed E-state index contributed by atoms with van der Waals surface area (Å²) in [7, 11) is -3.55. The van der Waals surface area contributed by atoms with Gasteiger partial charge in [-0.25, -0.2) is 13.2 Å². The number of Topliss-reactive ketones (excluding diaryl/α,β-unsaturated/α-hetero) is 1. The van der Waals surface area contributed by atoms with Gasteiger partial charge in [0, 0.05) is 18.5 Å². The van der Waals surface area contributed by atoms with Crippen molar-refractivity contribution in [1.29, 1.82) is 0 Å². The first-order valence-electron chi connectivity index (χ1n) is 15.4. The van der Waals surface area contributed by atoms with E-state index in [4.69, 9.17) is 5.73 Å². The topological polar surface area (TPSA) is 185 Å². The van der Waals surface area contributed by atoms with Gasteiger partial charge in [-0.15, -0.1) is 0 Å². The number of primary amides is 1. The van der Waals surface area contributed by atoms with Gasteiger partial charge in [-0.3, -0.25) is 19.2 Å². The molecular weight excluding hydrogens is 586 g/mol. The summed E-state index contributed by atoms with van der Waals surface area (Å²) in [5.41, 5.74) is 5.07. The zero-order chi connectivity index (χ0) is 33.7. The quantitative estimate of drug-likeness (QED) is 0.236. The van der Waals surface area contributed by atoms with E-state index in [0.29, 0.717) is 6.42 Å². The van der Waals surface area contributed by atoms with Gasteiger partial charge < -0.3 is 26.6 Å². The van der Waals surface area contributed by atoms with Crippen LogP contribution in [-0.2, 0) is 29.0 Å². The molecule has 0 saturated heterocycles. The number of nitrogens with two attached hydrogens (primary N) is 1. The Bertz CT molecular complexity index is 1350. The molecule has 0 aromatic carbocycles. The molecule has 44 heavy (non-hydrogen) atoms. The largest absolute Gasteiger partial charge is 0.363 e. The Balaban J connectivity index is 1.85. The second kappa shape index (κ2) is 12.1. The van der Waals surface area contributed by atoms with Crippen LogP contribution >= 0.6 is 0 Å². The lowest BCUT2D eigenvalue weighted by Crippen LogP contribution is -2.59. The predicted molar refractivity (Wildman–Crippen MR) is 167 cm³/mol. The van der Waals surface area contributed by atoms with Gasteiger partial charge in [-0.1, -0.05) is 61.3 Å². The Labute approximate surface area is 261 Å². The monoisotopic (exact) mass is 637 g/mol. The molecule has 248 valence electrons. The molecule has 0 radical (unpaired) electrons. The maximum Gasteiger partial charge on any atom is 0.315 e. The van der Waals surface area contributed by atoms with Crippen LogP contribution in [0.25, 0.3) is 0 Å². The summed E-state index contributed by atoms with van der Waals surface area (Å²) >= 11 is 0. The van der Waals surface area contributed by atoms with Crippen LogP contribution in [-0.4, -0.2) is 78.0 Å². The normalized spacial score (nSPS) is 21.7. The molecule has 1 heterocycles. The molecule has 4 atom stereocenters. The zero-order valence-corrected chi connectivity index (χ0v) is 28.6. The lowest BCUT2D eigenvalue weighted by molar-refractivity contribution is -0.139. The van der Waals surface area contributed by atoms with Gasteiger partial charge in [0.15, 0.2) is 9.84 Å². The summed E-state index contributed by atoms with van der Waals surface area (Å²) in [5, 5.41) is 8.20. The maximum atomic E-state index is 14.1. The standard InChI is InChI=1S/C31H51N5O7S/c1-16(2)20(15-44(42,43)30(6,7)8)34-28(41)35-24(29(3,4)5)27(40)36-14-18-21(31(18,9)10)22(36)26(39)33-19(13-17-11-12-17)23(37)25(32)38/h16-20,24H,11-15H2,1-10H3,(H2,32,38)(H,33,39)(H2,34,35,41)/t18?,19?,20-,24-/m1/s1. The van der Waals surface area contributed by atoms with E-state index in [2.05, 4.69) is 16.0 Å². The first kappa shape index (κ1) is 35.5. The van der Waals surface area contributed by atoms with Gasteiger partial charge in [0.05, 0.1) is 16.5 Å². The van der Waals surface area contributed by atoms with Crippen LogP contribution in [0.3, 0.4) is 0 Å². The molecule has 2 saturated carbocycles. The van der Waals surface area contributed by atoms with Crippen molar-refractivity contribution in [3.8, 4) is 0 Å². The summed E-state index contributed by atoms with van der Waals surface area (Å²) in [5.74, 6) is -3.46. The molecule has 12 nitrogen and oxygen atoms in total. The number of sulfone groups is 1. The number of hydrogen-bond acceptors (Lipinski definition) is 7. The molecule has 3 aliphatic rings. The summed E-state index contributed by atoms with van der Waals surface area (Å²) in [6, 6.07) is -3.56. The first-order valence-corrected chi connectivity index (χ1v) is 17.0. The minimum absolute atomic E-state index is 0.0664. The van der Waals surface area contributed by atoms with E-state index in [9.17, 15) is 32.4 Å². The van der Waals surface area contributed by atoms with E-state index in [-0.39, 0.29) is 41.2 Å². The van der Waals surface area contributed by atoms with Crippen LogP contribution < -0.4 is 21.7 Å². The third-order valence-electron chi connectivity index (χ3n) is 9.17. The van der Waals surface area contributed by atoms with Crippen LogP contribution in [0, 0.1) is 28.6 Å². The number of fused-ring (bicyclic) bond motifs is 1. The van der Waals surface area contributed by atoms with Crippen molar-refractivity contribution in [2.45, 2.75) is 111 Å². The van der Waals surface area contributed by atoms with Crippen molar-refractivity contribution >= 4 is 39.4 Å². The van der Waals surface area contributed by atoms with E-state index in [1.165, 1.54) is 4.90 Å². The van der Waals surface area contributed by atoms with Gasteiger partial charge in [0.2, 0.25) is 11.7 Å². The van der Waals surface area contributed by atoms with Crippen LogP contribution in [0.4, 0.5) is 4.79 Å². The number of rotatable bonds is 12. The average Bonchev–Trinajstić information content (AvgIpc) is 3.71. The minimum atomic E-state index is -3.55. The van der Waals surface area contributed by atoms with E-state index < -0.39 is 67.7 Å². The smallest absolute Gasteiger partial charge is 0.315 e. The zero-order valence-electron chi connectivity index (χ0n) is 27.8. The molecule has 0 spiro atoms. The Morgan fingerprint density at radius 1 is 0.977 bits per heavy atom. The molecule has 2 fully saturated rings. The number of ketones is 1. The number of urea groups is 1. The fourth-order valence-electron chi connectivity index (χ4n) is 5.64. The van der Waals surface area contributed by atoms with Crippen LogP contribution in [0.2, 0.25) is 0 Å². The van der Waals surface area contributed by atoms with E-state index in [1.807, 2.05) is 27.7 Å². The molecule has 5 N–H and O–H groups in total. The summed E-state index contributed by atoms with van der Waals surface area (Å²) in [6.45, 7) is 18.0. The fraction of sp³-hybridized carbons (Fsp3) is 0.774. The van der Waals surface area contributed by atoms with Crippen molar-refractivity contribution in [2.24, 2.45) is 34.3 Å². The van der Waals surface area contributed by atoms with Crippen molar-refractivity contribution in [3.63, 3.8) is 0 Å². The Hall–Kier alpha value is -2.96. The molecule has 2 aliphatic carbocycles. The fourth-order valence-corrected chi connectivity index (χ4v) is 7.08. The number of hydrogen-bond donors (Lipinski definition) is 4. The van der Waals surface area contributed by atoms with Gasteiger partial charge in [0.25, 0.3) is 11.8 Å². The molecule has 3 rings (SSSR count). The predicted octanol–water partition coefficient (Wildman–Crippen LogP) is 2.03.